The lowest BCUT2D eigenvalue weighted by molar-refractivity contribution is 0.205. The lowest BCUT2D eigenvalue weighted by atomic mass is 9.92. The molecule has 0 spiro atoms. The average molecular weight is 349 g/mol. The summed E-state index contributed by atoms with van der Waals surface area (Å²) in [4.78, 5) is 0.319. The lowest BCUT2D eigenvalue weighted by Crippen LogP contribution is -1.99. The third-order valence-electron chi connectivity index (χ3n) is 3.86. The van der Waals surface area contributed by atoms with Gasteiger partial charge in [0.25, 0.3) is 0 Å². The first kappa shape index (κ1) is 16.2. The third-order valence-corrected chi connectivity index (χ3v) is 5.23. The summed E-state index contributed by atoms with van der Waals surface area (Å²) in [5, 5.41) is 0.673. The Morgan fingerprint density at radius 3 is 2.39 bits per heavy atom. The highest BCUT2D eigenvalue weighted by atomic mass is 35.5. The van der Waals surface area contributed by atoms with Crippen molar-refractivity contribution >= 4 is 27.0 Å². The van der Waals surface area contributed by atoms with Crippen LogP contribution in [0.5, 0.6) is 0 Å². The molecule has 5 heteroatoms. The maximum Gasteiger partial charge on any atom is 0.175 e. The van der Waals surface area contributed by atoms with Gasteiger partial charge in [-0.1, -0.05) is 35.9 Å². The molecule has 0 N–H and O–H groups in total. The molecule has 0 bridgehead atoms. The monoisotopic (exact) mass is 348 g/mol. The van der Waals surface area contributed by atoms with E-state index in [9.17, 15) is 8.42 Å². The molecule has 0 saturated carbocycles. The van der Waals surface area contributed by atoms with Crippen LogP contribution in [0.3, 0.4) is 0 Å². The Kier molecular flexibility index (Phi) is 4.57. The van der Waals surface area contributed by atoms with Crippen LogP contribution < -0.4 is 0 Å². The molecule has 0 atom stereocenters. The van der Waals surface area contributed by atoms with Crippen molar-refractivity contribution in [1.82, 2.24) is 0 Å². The molecule has 0 aromatic heterocycles. The fraction of sp³-hybridized carbons (Fsp3) is 0.222. The Hall–Kier alpha value is -1.62. The van der Waals surface area contributed by atoms with Crippen molar-refractivity contribution < 1.29 is 13.2 Å². The van der Waals surface area contributed by atoms with Gasteiger partial charge in [0.2, 0.25) is 0 Å². The highest BCUT2D eigenvalue weighted by molar-refractivity contribution is 7.90. The van der Waals surface area contributed by atoms with Gasteiger partial charge >= 0.3 is 0 Å². The zero-order valence-electron chi connectivity index (χ0n) is 12.8. The van der Waals surface area contributed by atoms with Gasteiger partial charge in [-0.05, 0) is 53.0 Å². The second-order valence-electron chi connectivity index (χ2n) is 5.59. The van der Waals surface area contributed by atoms with Crippen LogP contribution in [0.1, 0.15) is 17.5 Å². The first-order chi connectivity index (χ1) is 10.9. The highest BCUT2D eigenvalue weighted by Crippen LogP contribution is 2.32. The number of ether oxygens (including phenoxy) is 1. The van der Waals surface area contributed by atoms with E-state index in [2.05, 4.69) is 0 Å². The van der Waals surface area contributed by atoms with E-state index in [1.807, 2.05) is 36.4 Å². The Balaban J connectivity index is 2.12. The SMILES string of the molecule is CS(=O)(=O)c1ccc(/C(=C2\CCOC2)c2cccc(Cl)c2)cc1. The minimum atomic E-state index is -3.20. The number of rotatable bonds is 3. The van der Waals surface area contributed by atoms with E-state index in [4.69, 9.17) is 16.3 Å². The van der Waals surface area contributed by atoms with Crippen molar-refractivity contribution in [3.63, 3.8) is 0 Å². The Morgan fingerprint density at radius 1 is 1.09 bits per heavy atom. The zero-order chi connectivity index (χ0) is 16.4. The Labute approximate surface area is 141 Å². The molecular weight excluding hydrogens is 332 g/mol. The van der Waals surface area contributed by atoms with Crippen molar-refractivity contribution in [2.45, 2.75) is 11.3 Å². The van der Waals surface area contributed by atoms with Gasteiger partial charge in [-0.2, -0.15) is 0 Å². The minimum absolute atomic E-state index is 0.319. The molecule has 2 aromatic rings. The molecule has 2 aromatic carbocycles. The number of benzene rings is 2. The molecule has 23 heavy (non-hydrogen) atoms. The van der Waals surface area contributed by atoms with Crippen LogP contribution in [0, 0.1) is 0 Å². The highest BCUT2D eigenvalue weighted by Gasteiger charge is 2.17. The summed E-state index contributed by atoms with van der Waals surface area (Å²) in [5.41, 5.74) is 4.27. The van der Waals surface area contributed by atoms with E-state index in [-0.39, 0.29) is 0 Å². The van der Waals surface area contributed by atoms with E-state index in [1.54, 1.807) is 12.1 Å². The smallest absolute Gasteiger partial charge is 0.175 e. The first-order valence-electron chi connectivity index (χ1n) is 7.31. The van der Waals surface area contributed by atoms with E-state index in [0.717, 1.165) is 23.1 Å². The number of halogens is 1. The molecule has 120 valence electrons. The van der Waals surface area contributed by atoms with Crippen molar-refractivity contribution in [3.05, 3.63) is 70.3 Å². The van der Waals surface area contributed by atoms with Gasteiger partial charge in [-0.3, -0.25) is 0 Å². The van der Waals surface area contributed by atoms with Crippen LogP contribution in [0.2, 0.25) is 5.02 Å². The summed E-state index contributed by atoms with van der Waals surface area (Å²) in [5.74, 6) is 0. The largest absolute Gasteiger partial charge is 0.377 e. The van der Waals surface area contributed by atoms with Gasteiger partial charge in [0.05, 0.1) is 18.1 Å². The van der Waals surface area contributed by atoms with Crippen molar-refractivity contribution in [3.8, 4) is 0 Å². The minimum Gasteiger partial charge on any atom is -0.377 e. The molecule has 1 saturated heterocycles. The van der Waals surface area contributed by atoms with E-state index >= 15 is 0 Å². The summed E-state index contributed by atoms with van der Waals surface area (Å²) in [6.07, 6.45) is 2.08. The molecule has 1 aliphatic heterocycles. The fourth-order valence-corrected chi connectivity index (χ4v) is 3.57. The van der Waals surface area contributed by atoms with Gasteiger partial charge in [0.1, 0.15) is 0 Å². The molecule has 3 rings (SSSR count). The predicted molar refractivity (Wildman–Crippen MR) is 92.5 cm³/mol. The number of hydrogen-bond donors (Lipinski definition) is 0. The van der Waals surface area contributed by atoms with Crippen LogP contribution in [0.25, 0.3) is 5.57 Å². The summed E-state index contributed by atoms with van der Waals surface area (Å²) < 4.78 is 28.8. The standard InChI is InChI=1S/C18H17ClO3S/c1-23(20,21)17-7-5-13(6-8-17)18(15-9-10-22-12-15)14-3-2-4-16(19)11-14/h2-8,11H,9-10,12H2,1H3/b18-15-. The summed E-state index contributed by atoms with van der Waals surface area (Å²) in [6, 6.07) is 14.7. The third kappa shape index (κ3) is 3.66. The van der Waals surface area contributed by atoms with Gasteiger partial charge < -0.3 is 4.74 Å². The zero-order valence-corrected chi connectivity index (χ0v) is 14.3. The van der Waals surface area contributed by atoms with E-state index < -0.39 is 9.84 Å². The Morgan fingerprint density at radius 2 is 1.83 bits per heavy atom. The quantitative estimate of drug-likeness (QED) is 0.843. The summed E-state index contributed by atoms with van der Waals surface area (Å²) in [6.45, 7) is 1.30. The average Bonchev–Trinajstić information content (AvgIpc) is 3.01. The van der Waals surface area contributed by atoms with Crippen molar-refractivity contribution in [2.75, 3.05) is 19.5 Å². The molecule has 0 unspecified atom stereocenters. The second-order valence-corrected chi connectivity index (χ2v) is 8.04. The normalized spacial score (nSPS) is 17.3. The summed E-state index contributed by atoms with van der Waals surface area (Å²) in [7, 11) is -3.20. The molecule has 0 amide bonds. The lowest BCUT2D eigenvalue weighted by Gasteiger charge is -2.13. The molecule has 3 nitrogen and oxygen atoms in total. The summed E-state index contributed by atoms with van der Waals surface area (Å²) >= 11 is 6.13. The van der Waals surface area contributed by atoms with E-state index in [1.165, 1.54) is 11.8 Å². The van der Waals surface area contributed by atoms with Crippen LogP contribution in [0.4, 0.5) is 0 Å². The second kappa shape index (κ2) is 6.48. The van der Waals surface area contributed by atoms with Gasteiger partial charge in [-0.15, -0.1) is 0 Å². The number of sulfone groups is 1. The van der Waals surface area contributed by atoms with E-state index in [0.29, 0.717) is 23.1 Å². The maximum atomic E-state index is 11.6. The van der Waals surface area contributed by atoms with Crippen molar-refractivity contribution in [1.29, 1.82) is 0 Å². The number of hydrogen-bond acceptors (Lipinski definition) is 3. The van der Waals surface area contributed by atoms with Crippen LogP contribution >= 0.6 is 11.6 Å². The van der Waals surface area contributed by atoms with Crippen LogP contribution in [0.15, 0.2) is 59.0 Å². The predicted octanol–water partition coefficient (Wildman–Crippen LogP) is 3.97. The van der Waals surface area contributed by atoms with Gasteiger partial charge in [0.15, 0.2) is 9.84 Å². The Bertz CT molecular complexity index is 844. The first-order valence-corrected chi connectivity index (χ1v) is 9.58. The van der Waals surface area contributed by atoms with Crippen LogP contribution in [-0.4, -0.2) is 27.9 Å². The fourth-order valence-electron chi connectivity index (χ4n) is 2.75. The molecule has 0 aliphatic carbocycles. The molecule has 1 heterocycles. The van der Waals surface area contributed by atoms with Crippen LogP contribution in [-0.2, 0) is 14.6 Å². The topological polar surface area (TPSA) is 43.4 Å². The van der Waals surface area contributed by atoms with Gasteiger partial charge in [-0.25, -0.2) is 8.42 Å². The van der Waals surface area contributed by atoms with Crippen molar-refractivity contribution in [2.24, 2.45) is 0 Å². The molecule has 0 radical (unpaired) electrons. The molecule has 1 fully saturated rings. The maximum absolute atomic E-state index is 11.6. The molecule has 1 aliphatic rings. The van der Waals surface area contributed by atoms with Gasteiger partial charge in [0, 0.05) is 11.3 Å². The molecular formula is C18H17ClO3S.